The number of rotatable bonds is 4. The fourth-order valence-electron chi connectivity index (χ4n) is 4.87. The second kappa shape index (κ2) is 8.47. The maximum absolute atomic E-state index is 13.7. The van der Waals surface area contributed by atoms with Crippen LogP contribution in [0, 0.1) is 13.8 Å². The van der Waals surface area contributed by atoms with E-state index in [9.17, 15) is 9.59 Å². The number of hydrogen-bond donors (Lipinski definition) is 0. The molecule has 1 aliphatic heterocycles. The average Bonchev–Trinajstić information content (AvgIpc) is 3.25. The molecule has 0 bridgehead atoms. The molecular weight excluding hydrogens is 372 g/mol. The molecule has 2 aromatic rings. The van der Waals surface area contributed by atoms with Gasteiger partial charge in [0, 0.05) is 11.7 Å². The Bertz CT molecular complexity index is 974. The lowest BCUT2D eigenvalue weighted by Crippen LogP contribution is -2.62. The normalized spacial score (nSPS) is 20.9. The van der Waals surface area contributed by atoms with E-state index in [1.807, 2.05) is 74.2 Å². The van der Waals surface area contributed by atoms with Gasteiger partial charge in [-0.05, 0) is 56.4 Å². The van der Waals surface area contributed by atoms with Crippen molar-refractivity contribution in [2.24, 2.45) is 0 Å². The summed E-state index contributed by atoms with van der Waals surface area (Å²) in [6, 6.07) is 15.6. The second-order valence-electron chi connectivity index (χ2n) is 8.66. The molecule has 1 saturated heterocycles. The van der Waals surface area contributed by atoms with Crippen LogP contribution in [0.5, 0.6) is 0 Å². The van der Waals surface area contributed by atoms with Crippen LogP contribution >= 0.6 is 0 Å². The van der Waals surface area contributed by atoms with Crippen molar-refractivity contribution < 1.29 is 9.59 Å². The van der Waals surface area contributed by atoms with Gasteiger partial charge in [0.05, 0.1) is 0 Å². The van der Waals surface area contributed by atoms with Crippen molar-refractivity contribution in [3.8, 4) is 0 Å². The molecule has 1 aliphatic carbocycles. The molecule has 4 rings (SSSR count). The third-order valence-corrected chi connectivity index (χ3v) is 6.35. The van der Waals surface area contributed by atoms with E-state index >= 15 is 0 Å². The summed E-state index contributed by atoms with van der Waals surface area (Å²) in [6.45, 7) is 6.19. The van der Waals surface area contributed by atoms with Gasteiger partial charge < -0.3 is 4.90 Å². The molecule has 4 heteroatoms. The highest BCUT2D eigenvalue weighted by Gasteiger charge is 2.44. The topological polar surface area (TPSA) is 40.6 Å². The molecule has 0 N–H and O–H groups in total. The molecule has 1 saturated carbocycles. The maximum Gasteiger partial charge on any atom is 0.250 e. The largest absolute Gasteiger partial charge is 0.328 e. The highest BCUT2D eigenvalue weighted by Crippen LogP contribution is 2.33. The molecule has 4 nitrogen and oxygen atoms in total. The van der Waals surface area contributed by atoms with Crippen LogP contribution in [0.4, 0.5) is 5.69 Å². The molecule has 2 aliphatic rings. The Morgan fingerprint density at radius 1 is 1.00 bits per heavy atom. The maximum atomic E-state index is 13.7. The monoisotopic (exact) mass is 402 g/mol. The first-order valence-corrected chi connectivity index (χ1v) is 10.9. The fraction of sp³-hybridized carbons (Fsp3) is 0.385. The highest BCUT2D eigenvalue weighted by atomic mass is 16.2. The van der Waals surface area contributed by atoms with Crippen molar-refractivity contribution in [2.75, 3.05) is 11.4 Å². The lowest BCUT2D eigenvalue weighted by atomic mass is 9.96. The Hall–Kier alpha value is -2.88. The summed E-state index contributed by atoms with van der Waals surface area (Å²) in [4.78, 5) is 30.7. The third-order valence-electron chi connectivity index (χ3n) is 6.35. The van der Waals surface area contributed by atoms with Crippen molar-refractivity contribution in [1.29, 1.82) is 0 Å². The van der Waals surface area contributed by atoms with Gasteiger partial charge in [-0.2, -0.15) is 0 Å². The SMILES string of the molecule is C/C(=C\c1ccccc1)C1C(=O)N(C2CCCC2)CC(=O)N1c1ccc(C)cc1C. The van der Waals surface area contributed by atoms with E-state index in [4.69, 9.17) is 0 Å². The summed E-state index contributed by atoms with van der Waals surface area (Å²) in [5.41, 5.74) is 4.92. The predicted molar refractivity (Wildman–Crippen MR) is 121 cm³/mol. The number of amides is 2. The van der Waals surface area contributed by atoms with Gasteiger partial charge in [-0.1, -0.05) is 66.9 Å². The minimum absolute atomic E-state index is 0.000681. The van der Waals surface area contributed by atoms with Crippen LogP contribution in [-0.2, 0) is 9.59 Å². The van der Waals surface area contributed by atoms with E-state index in [-0.39, 0.29) is 24.4 Å². The van der Waals surface area contributed by atoms with Gasteiger partial charge in [0.1, 0.15) is 12.6 Å². The number of carbonyl (C=O) groups excluding carboxylic acids is 2. The van der Waals surface area contributed by atoms with Crippen molar-refractivity contribution in [3.63, 3.8) is 0 Å². The Balaban J connectivity index is 1.77. The Labute approximate surface area is 179 Å². The van der Waals surface area contributed by atoms with Crippen LogP contribution < -0.4 is 4.90 Å². The average molecular weight is 403 g/mol. The summed E-state index contributed by atoms with van der Waals surface area (Å²) in [7, 11) is 0. The first-order chi connectivity index (χ1) is 14.5. The number of carbonyl (C=O) groups is 2. The van der Waals surface area contributed by atoms with E-state index in [1.54, 1.807) is 4.90 Å². The van der Waals surface area contributed by atoms with Gasteiger partial charge in [-0.3, -0.25) is 14.5 Å². The molecule has 1 unspecified atom stereocenters. The summed E-state index contributed by atoms with van der Waals surface area (Å²) >= 11 is 0. The van der Waals surface area contributed by atoms with Gasteiger partial charge in [0.25, 0.3) is 5.91 Å². The van der Waals surface area contributed by atoms with E-state index in [2.05, 4.69) is 6.07 Å². The van der Waals surface area contributed by atoms with E-state index in [0.717, 1.165) is 53.6 Å². The van der Waals surface area contributed by atoms with Gasteiger partial charge >= 0.3 is 0 Å². The van der Waals surface area contributed by atoms with Crippen LogP contribution in [0.15, 0.2) is 54.1 Å². The minimum atomic E-state index is -0.603. The van der Waals surface area contributed by atoms with Crippen molar-refractivity contribution in [1.82, 2.24) is 4.90 Å². The second-order valence-corrected chi connectivity index (χ2v) is 8.66. The van der Waals surface area contributed by atoms with Gasteiger partial charge in [0.2, 0.25) is 5.91 Å². The first-order valence-electron chi connectivity index (χ1n) is 10.9. The Morgan fingerprint density at radius 2 is 1.70 bits per heavy atom. The number of nitrogens with zero attached hydrogens (tertiary/aromatic N) is 2. The van der Waals surface area contributed by atoms with Crippen LogP contribution in [0.25, 0.3) is 6.08 Å². The standard InChI is InChI=1S/C26H30N2O2/c1-18-13-14-23(19(2)15-18)28-24(29)17-27(22-11-7-8-12-22)26(30)25(28)20(3)16-21-9-5-4-6-10-21/h4-6,9-10,13-16,22,25H,7-8,11-12,17H2,1-3H3/b20-16+. The molecule has 0 radical (unpaired) electrons. The summed E-state index contributed by atoms with van der Waals surface area (Å²) < 4.78 is 0. The fourth-order valence-corrected chi connectivity index (χ4v) is 4.87. The van der Waals surface area contributed by atoms with Gasteiger partial charge in [-0.15, -0.1) is 0 Å². The number of piperazine rings is 1. The molecule has 1 heterocycles. The lowest BCUT2D eigenvalue weighted by molar-refractivity contribution is -0.142. The van der Waals surface area contributed by atoms with Gasteiger partial charge in [-0.25, -0.2) is 0 Å². The van der Waals surface area contributed by atoms with Gasteiger partial charge in [0.15, 0.2) is 0 Å². The summed E-state index contributed by atoms with van der Waals surface area (Å²) in [6.07, 6.45) is 6.29. The number of anilines is 1. The minimum Gasteiger partial charge on any atom is -0.328 e. The van der Waals surface area contributed by atoms with Crippen LogP contribution in [0.1, 0.15) is 49.3 Å². The first kappa shape index (κ1) is 20.4. The zero-order valence-electron chi connectivity index (χ0n) is 18.1. The molecule has 1 atom stereocenters. The van der Waals surface area contributed by atoms with Crippen molar-refractivity contribution >= 4 is 23.6 Å². The highest BCUT2D eigenvalue weighted by molar-refractivity contribution is 6.09. The van der Waals surface area contributed by atoms with E-state index < -0.39 is 6.04 Å². The van der Waals surface area contributed by atoms with Crippen LogP contribution in [0.3, 0.4) is 0 Å². The molecule has 2 amide bonds. The molecule has 30 heavy (non-hydrogen) atoms. The van der Waals surface area contributed by atoms with Crippen molar-refractivity contribution in [2.45, 2.75) is 58.5 Å². The van der Waals surface area contributed by atoms with Crippen LogP contribution in [0.2, 0.25) is 0 Å². The van der Waals surface area contributed by atoms with E-state index in [1.165, 1.54) is 0 Å². The molecule has 0 spiro atoms. The number of benzene rings is 2. The Morgan fingerprint density at radius 3 is 2.37 bits per heavy atom. The molecule has 0 aromatic heterocycles. The zero-order valence-corrected chi connectivity index (χ0v) is 18.1. The Kier molecular flexibility index (Phi) is 5.76. The molecule has 2 aromatic carbocycles. The summed E-state index contributed by atoms with van der Waals surface area (Å²) in [5, 5.41) is 0. The third kappa shape index (κ3) is 3.91. The quantitative estimate of drug-likeness (QED) is 0.730. The number of hydrogen-bond acceptors (Lipinski definition) is 2. The smallest absolute Gasteiger partial charge is 0.250 e. The molecule has 156 valence electrons. The zero-order chi connectivity index (χ0) is 21.3. The van der Waals surface area contributed by atoms with Crippen molar-refractivity contribution in [3.05, 3.63) is 70.8 Å². The molecular formula is C26H30N2O2. The molecule has 2 fully saturated rings. The van der Waals surface area contributed by atoms with E-state index in [0.29, 0.717) is 0 Å². The number of aryl methyl sites for hydroxylation is 2. The lowest BCUT2D eigenvalue weighted by Gasteiger charge is -2.43. The van der Waals surface area contributed by atoms with Crippen LogP contribution in [-0.4, -0.2) is 35.3 Å². The summed E-state index contributed by atoms with van der Waals surface area (Å²) in [5.74, 6) is 0.0467. The predicted octanol–water partition coefficient (Wildman–Crippen LogP) is 4.89.